The van der Waals surface area contributed by atoms with Crippen molar-refractivity contribution in [3.05, 3.63) is 88.9 Å². The third-order valence-corrected chi connectivity index (χ3v) is 8.49. The molecule has 0 spiro atoms. The molecule has 2 aliphatic heterocycles. The van der Waals surface area contributed by atoms with Gasteiger partial charge in [0.05, 0.1) is 31.5 Å². The van der Waals surface area contributed by atoms with Crippen LogP contribution in [-0.4, -0.2) is 54.5 Å². The Balaban J connectivity index is 1.04. The molecule has 7 heteroatoms. The number of fused-ring (bicyclic) bond motifs is 2. The maximum atomic E-state index is 12.8. The van der Waals surface area contributed by atoms with Crippen molar-refractivity contribution in [2.45, 2.75) is 57.8 Å². The molecule has 2 aliphatic rings. The second-order valence-corrected chi connectivity index (χ2v) is 12.0. The summed E-state index contributed by atoms with van der Waals surface area (Å²) >= 11 is 6.31. The molecule has 1 fully saturated rings. The van der Waals surface area contributed by atoms with Gasteiger partial charge >= 0.3 is 0 Å². The molecule has 3 aromatic rings. The third kappa shape index (κ3) is 8.11. The van der Waals surface area contributed by atoms with Gasteiger partial charge in [0.25, 0.3) is 5.91 Å². The monoisotopic (exact) mass is 572 g/mol. The number of rotatable bonds is 11. The van der Waals surface area contributed by atoms with E-state index >= 15 is 0 Å². The lowest BCUT2D eigenvalue weighted by molar-refractivity contribution is -0.946. The first-order valence-corrected chi connectivity index (χ1v) is 15.6. The summed E-state index contributed by atoms with van der Waals surface area (Å²) in [6.45, 7) is 3.27. The number of benzene rings is 3. The van der Waals surface area contributed by atoms with Crippen LogP contribution in [0.2, 0.25) is 5.02 Å². The molecule has 0 atom stereocenters. The van der Waals surface area contributed by atoms with E-state index in [0.29, 0.717) is 16.0 Å². The van der Waals surface area contributed by atoms with Crippen LogP contribution in [0.1, 0.15) is 62.5 Å². The van der Waals surface area contributed by atoms with Crippen molar-refractivity contribution < 1.29 is 9.39 Å². The van der Waals surface area contributed by atoms with Gasteiger partial charge in [-0.3, -0.25) is 4.79 Å². The Hall–Kier alpha value is -3.35. The number of amides is 1. The number of carbonyl (C=O) groups is 1. The standard InChI is InChI=1S/C34H42ClN5O/c1-40(38-33(41)19-11-6-4-2-3-5-8-14-27-15-9-7-10-16-27)24-22-39(23-25-40)34-29-17-12-13-18-30(29)36-31-21-20-28(35)26-32(31)37-34/h7,9-10,12-13,15-18,20-21,26H,2-6,8,11,14,19,22-25H2,1H3,(H-,36,37,38,41)/p+1. The van der Waals surface area contributed by atoms with Crippen molar-refractivity contribution in [3.63, 3.8) is 0 Å². The molecule has 0 saturated carbocycles. The van der Waals surface area contributed by atoms with Gasteiger partial charge in [0.15, 0.2) is 0 Å². The van der Waals surface area contributed by atoms with E-state index < -0.39 is 0 Å². The highest BCUT2D eigenvalue weighted by Gasteiger charge is 2.33. The Labute approximate surface area is 250 Å². The molecule has 0 radical (unpaired) electrons. The molecule has 1 saturated heterocycles. The number of quaternary nitrogens is 1. The summed E-state index contributed by atoms with van der Waals surface area (Å²) in [7, 11) is 2.13. The Morgan fingerprint density at radius 2 is 1.56 bits per heavy atom. The third-order valence-electron chi connectivity index (χ3n) is 8.26. The Kier molecular flexibility index (Phi) is 9.97. The lowest BCUT2D eigenvalue weighted by Crippen LogP contribution is -2.65. The van der Waals surface area contributed by atoms with Crippen molar-refractivity contribution in [1.82, 2.24) is 10.3 Å². The minimum Gasteiger partial charge on any atom is -0.353 e. The van der Waals surface area contributed by atoms with E-state index in [4.69, 9.17) is 16.6 Å². The van der Waals surface area contributed by atoms with Gasteiger partial charge in [0.1, 0.15) is 18.9 Å². The van der Waals surface area contributed by atoms with E-state index in [0.717, 1.165) is 67.5 Å². The van der Waals surface area contributed by atoms with Crippen molar-refractivity contribution in [1.29, 1.82) is 0 Å². The van der Waals surface area contributed by atoms with E-state index in [1.807, 2.05) is 24.3 Å². The molecule has 0 aromatic heterocycles. The number of hydrogen-bond donors (Lipinski definition) is 2. The van der Waals surface area contributed by atoms with Crippen molar-refractivity contribution in [2.24, 2.45) is 4.99 Å². The number of hydrogen-bond acceptors (Lipinski definition) is 4. The number of aliphatic imine (C=N–C) groups is 1. The second-order valence-electron chi connectivity index (χ2n) is 11.6. The molecule has 41 heavy (non-hydrogen) atoms. The van der Waals surface area contributed by atoms with E-state index in [1.165, 1.54) is 44.1 Å². The SMILES string of the molecule is C[N+]1(NC(=O)CCCCCCCCCc2ccccc2)CCN(C2=Nc3cc(Cl)ccc3Nc3ccccc32)CC1. The Morgan fingerprint density at radius 3 is 2.34 bits per heavy atom. The van der Waals surface area contributed by atoms with Crippen LogP contribution in [0.15, 0.2) is 77.8 Å². The maximum Gasteiger partial charge on any atom is 0.264 e. The molecule has 6 nitrogen and oxygen atoms in total. The Bertz CT molecular complexity index is 1330. The van der Waals surface area contributed by atoms with Crippen LogP contribution in [-0.2, 0) is 11.2 Å². The molecular weight excluding hydrogens is 530 g/mol. The van der Waals surface area contributed by atoms with Crippen LogP contribution in [0.3, 0.4) is 0 Å². The lowest BCUT2D eigenvalue weighted by Gasteiger charge is -2.42. The van der Waals surface area contributed by atoms with Gasteiger partial charge < -0.3 is 10.2 Å². The minimum absolute atomic E-state index is 0.161. The average molecular weight is 573 g/mol. The largest absolute Gasteiger partial charge is 0.353 e. The molecule has 0 aliphatic carbocycles. The van der Waals surface area contributed by atoms with E-state index in [-0.39, 0.29) is 5.91 Å². The van der Waals surface area contributed by atoms with Gasteiger partial charge in [0.2, 0.25) is 0 Å². The summed E-state index contributed by atoms with van der Waals surface area (Å²) in [5.74, 6) is 1.11. The quantitative estimate of drug-likeness (QED) is 0.183. The zero-order valence-corrected chi connectivity index (χ0v) is 25.0. The highest BCUT2D eigenvalue weighted by Crippen LogP contribution is 2.36. The van der Waals surface area contributed by atoms with Crippen LogP contribution in [0.25, 0.3) is 0 Å². The topological polar surface area (TPSA) is 56.7 Å². The van der Waals surface area contributed by atoms with Crippen LogP contribution in [0, 0.1) is 0 Å². The Morgan fingerprint density at radius 1 is 0.878 bits per heavy atom. The zero-order chi connectivity index (χ0) is 28.5. The number of aryl methyl sites for hydroxylation is 1. The number of likely N-dealkylation sites (N-methyl/N-ethyl adjacent to an activating group) is 1. The van der Waals surface area contributed by atoms with Gasteiger partial charge in [-0.15, -0.1) is 0 Å². The number of nitrogens with one attached hydrogen (secondary N) is 2. The predicted molar refractivity (Wildman–Crippen MR) is 170 cm³/mol. The van der Waals surface area contributed by atoms with E-state index in [1.54, 1.807) is 0 Å². The molecule has 0 bridgehead atoms. The lowest BCUT2D eigenvalue weighted by atomic mass is 10.0. The predicted octanol–water partition coefficient (Wildman–Crippen LogP) is 7.63. The van der Waals surface area contributed by atoms with Gasteiger partial charge in [-0.2, -0.15) is 0 Å². The fourth-order valence-electron chi connectivity index (χ4n) is 5.78. The molecule has 3 aromatic carbocycles. The first kappa shape index (κ1) is 29.2. The molecule has 2 heterocycles. The zero-order valence-electron chi connectivity index (χ0n) is 24.2. The number of piperazine rings is 1. The van der Waals surface area contributed by atoms with E-state index in [2.05, 4.69) is 71.2 Å². The molecule has 1 amide bonds. The highest BCUT2D eigenvalue weighted by molar-refractivity contribution is 6.31. The molecule has 2 N–H and O–H groups in total. The first-order valence-electron chi connectivity index (χ1n) is 15.2. The summed E-state index contributed by atoms with van der Waals surface area (Å²) < 4.78 is 0.562. The number of unbranched alkanes of at least 4 members (excludes halogenated alkanes) is 6. The molecular formula is C34H43ClN5O+. The first-order chi connectivity index (χ1) is 20.0. The average Bonchev–Trinajstić information content (AvgIpc) is 3.13. The minimum atomic E-state index is 0.161. The number of halogens is 1. The van der Waals surface area contributed by atoms with Gasteiger partial charge in [-0.05, 0) is 55.2 Å². The summed E-state index contributed by atoms with van der Waals surface area (Å²) in [6, 6.07) is 24.8. The number of carbonyl (C=O) groups excluding carboxylic acids is 1. The van der Waals surface area contributed by atoms with Crippen LogP contribution in [0.5, 0.6) is 0 Å². The fourth-order valence-corrected chi connectivity index (χ4v) is 5.95. The summed E-state index contributed by atoms with van der Waals surface area (Å²) in [4.78, 5) is 20.2. The van der Waals surface area contributed by atoms with Crippen molar-refractivity contribution in [3.8, 4) is 0 Å². The number of para-hydroxylation sites is 1. The maximum absolute atomic E-state index is 12.8. The smallest absolute Gasteiger partial charge is 0.264 e. The van der Waals surface area contributed by atoms with Crippen molar-refractivity contribution >= 4 is 40.4 Å². The summed E-state index contributed by atoms with van der Waals surface area (Å²) in [5.41, 5.74) is 8.65. The van der Waals surface area contributed by atoms with Gasteiger partial charge in [0, 0.05) is 22.7 Å². The number of anilines is 2. The normalized spacial score (nSPS) is 15.7. The molecule has 216 valence electrons. The summed E-state index contributed by atoms with van der Waals surface area (Å²) in [5, 5.41) is 4.20. The highest BCUT2D eigenvalue weighted by atomic mass is 35.5. The second kappa shape index (κ2) is 14.0. The number of nitrogens with zero attached hydrogens (tertiary/aromatic N) is 3. The van der Waals surface area contributed by atoms with Crippen molar-refractivity contribution in [2.75, 3.05) is 38.5 Å². The van der Waals surface area contributed by atoms with Crippen LogP contribution >= 0.6 is 11.6 Å². The van der Waals surface area contributed by atoms with Crippen LogP contribution < -0.4 is 10.7 Å². The fraction of sp³-hybridized carbons (Fsp3) is 0.412. The molecule has 5 rings (SSSR count). The van der Waals surface area contributed by atoms with Gasteiger partial charge in [-0.25, -0.2) is 15.0 Å². The summed E-state index contributed by atoms with van der Waals surface area (Å²) in [6.07, 6.45) is 10.2. The van der Waals surface area contributed by atoms with Crippen LogP contribution in [0.4, 0.5) is 17.1 Å². The number of amidine groups is 1. The van der Waals surface area contributed by atoms with E-state index in [9.17, 15) is 4.79 Å². The van der Waals surface area contributed by atoms with Gasteiger partial charge in [-0.1, -0.05) is 86.2 Å². The molecule has 0 unspecified atom stereocenters.